The minimum absolute atomic E-state index is 0.0209. The minimum atomic E-state index is -4.44. The Kier molecular flexibility index (Phi) is 10.5. The Morgan fingerprint density at radius 2 is 2.03 bits per heavy atom. The van der Waals surface area contributed by atoms with Crippen LogP contribution >= 0.6 is 15.4 Å². The van der Waals surface area contributed by atoms with Gasteiger partial charge in [-0.3, -0.25) is 18.2 Å². The monoisotopic (exact) mass is 499 g/mol. The molecule has 1 saturated heterocycles. The quantitative estimate of drug-likeness (QED) is 0.249. The Balaban J connectivity index is 2.12. The van der Waals surface area contributed by atoms with Crippen LogP contribution in [0, 0.1) is 0 Å². The highest BCUT2D eigenvalue weighted by molar-refractivity contribution is 7.52. The van der Waals surface area contributed by atoms with Crippen molar-refractivity contribution in [3.63, 3.8) is 0 Å². The molecule has 184 valence electrons. The molecule has 13 nitrogen and oxygen atoms in total. The van der Waals surface area contributed by atoms with E-state index in [9.17, 15) is 23.7 Å². The van der Waals surface area contributed by atoms with Crippen LogP contribution in [0.15, 0.2) is 17.1 Å². The second-order valence-corrected chi connectivity index (χ2v) is 10.4. The average Bonchev–Trinajstić information content (AvgIpc) is 3.08. The zero-order valence-corrected chi connectivity index (χ0v) is 19.9. The summed E-state index contributed by atoms with van der Waals surface area (Å²) in [4.78, 5) is 35.8. The van der Waals surface area contributed by atoms with Crippen molar-refractivity contribution in [2.75, 3.05) is 38.3 Å². The van der Waals surface area contributed by atoms with Crippen molar-refractivity contribution in [2.24, 2.45) is 0 Å². The molecule has 0 bridgehead atoms. The van der Waals surface area contributed by atoms with E-state index in [1.54, 1.807) is 6.92 Å². The lowest BCUT2D eigenvalue weighted by Crippen LogP contribution is -2.29. The molecule has 2 rings (SSSR count). The van der Waals surface area contributed by atoms with Gasteiger partial charge in [0.15, 0.2) is 0 Å². The maximum absolute atomic E-state index is 12.3. The smallest absolute Gasteiger partial charge is 0.383 e. The Morgan fingerprint density at radius 1 is 1.28 bits per heavy atom. The van der Waals surface area contributed by atoms with Gasteiger partial charge in [-0.25, -0.2) is 9.36 Å². The highest BCUT2D eigenvalue weighted by Gasteiger charge is 2.43. The number of aromatic nitrogens is 2. The van der Waals surface area contributed by atoms with Crippen molar-refractivity contribution >= 4 is 21.2 Å². The zero-order valence-electron chi connectivity index (χ0n) is 18.1. The number of rotatable bonds is 14. The molecule has 15 heteroatoms. The number of unbranched alkanes of at least 4 members (excludes halogenated alkanes) is 1. The van der Waals surface area contributed by atoms with Crippen LogP contribution < -0.4 is 11.4 Å². The first-order chi connectivity index (χ1) is 15.1. The van der Waals surface area contributed by atoms with Crippen molar-refractivity contribution in [3.05, 3.63) is 22.7 Å². The van der Waals surface area contributed by atoms with E-state index in [4.69, 9.17) is 28.8 Å². The molecule has 1 fully saturated rings. The molecule has 4 N–H and O–H groups in total. The van der Waals surface area contributed by atoms with E-state index in [1.807, 2.05) is 6.92 Å². The second-order valence-electron chi connectivity index (χ2n) is 7.06. The lowest BCUT2D eigenvalue weighted by atomic mass is 10.2. The summed E-state index contributed by atoms with van der Waals surface area (Å²) in [5.41, 5.74) is 4.81. The van der Waals surface area contributed by atoms with E-state index in [2.05, 4.69) is 4.98 Å². The molecule has 1 aliphatic heterocycles. The number of nitrogen functional groups attached to an aromatic ring is 1. The van der Waals surface area contributed by atoms with Gasteiger partial charge in [-0.2, -0.15) is 4.98 Å². The number of nitrogens with zero attached hydrogens (tertiary/aromatic N) is 2. The molecule has 5 atom stereocenters. The molecule has 1 aliphatic rings. The van der Waals surface area contributed by atoms with E-state index >= 15 is 0 Å². The molecule has 0 aliphatic carbocycles. The maximum atomic E-state index is 12.3. The largest absolute Gasteiger partial charge is 0.472 e. The highest BCUT2D eigenvalue weighted by atomic mass is 31.2. The van der Waals surface area contributed by atoms with E-state index in [0.717, 1.165) is 11.0 Å². The lowest BCUT2D eigenvalue weighted by molar-refractivity contribution is -0.0430. The molecule has 2 heterocycles. The Hall–Kier alpha value is -1.14. The summed E-state index contributed by atoms with van der Waals surface area (Å²) in [7, 11) is -8.45. The highest BCUT2D eigenvalue weighted by Crippen LogP contribution is 2.49. The van der Waals surface area contributed by atoms with E-state index < -0.39 is 46.2 Å². The SMILES string of the molecule is CCCCOP(=O)(O)OC1C[C@H](n2ccc(N)nc2=O)O[C@@H]1COP(=O)(O)CCOCC. The number of hydrogen-bond donors (Lipinski definition) is 3. The molecular weight excluding hydrogens is 468 g/mol. The fourth-order valence-corrected chi connectivity index (χ4v) is 4.74. The van der Waals surface area contributed by atoms with Crippen molar-refractivity contribution in [2.45, 2.75) is 51.5 Å². The first kappa shape index (κ1) is 27.1. The molecule has 0 amide bonds. The van der Waals surface area contributed by atoms with Crippen LogP contribution in [-0.4, -0.2) is 64.1 Å². The summed E-state index contributed by atoms with van der Waals surface area (Å²) < 4.78 is 51.8. The van der Waals surface area contributed by atoms with E-state index in [0.29, 0.717) is 13.0 Å². The molecule has 1 aromatic rings. The summed E-state index contributed by atoms with van der Waals surface area (Å²) in [6, 6.07) is 1.39. The van der Waals surface area contributed by atoms with Gasteiger partial charge >= 0.3 is 21.1 Å². The van der Waals surface area contributed by atoms with Crippen LogP contribution in [0.2, 0.25) is 0 Å². The van der Waals surface area contributed by atoms with Gasteiger partial charge in [-0.15, -0.1) is 0 Å². The number of ether oxygens (including phenoxy) is 2. The summed E-state index contributed by atoms with van der Waals surface area (Å²) in [5.74, 6) is 0.0247. The fraction of sp³-hybridized carbons (Fsp3) is 0.765. The molecule has 0 spiro atoms. The number of phosphoric acid groups is 1. The van der Waals surface area contributed by atoms with Crippen molar-refractivity contribution in [1.29, 1.82) is 0 Å². The first-order valence-corrected chi connectivity index (χ1v) is 13.5. The van der Waals surface area contributed by atoms with Gasteiger partial charge in [0.05, 0.1) is 26.0 Å². The standard InChI is InChI=1S/C17H31N3O10P2/c1-3-5-8-27-32(24,25)30-13-11-16(20-7-6-15(18)19-17(20)21)29-14(13)12-28-31(22,23)10-9-26-4-2/h6-7,13-14,16H,3-5,8-12H2,1-2H3,(H,22,23)(H,24,25)(H2,18,19,21)/t13?,14-,16-/m1/s1. The van der Waals surface area contributed by atoms with Gasteiger partial charge in [0, 0.05) is 19.2 Å². The number of hydrogen-bond acceptors (Lipinski definition) is 10. The van der Waals surface area contributed by atoms with E-state index in [-0.39, 0.29) is 31.6 Å². The predicted octanol–water partition coefficient (Wildman–Crippen LogP) is 1.65. The summed E-state index contributed by atoms with van der Waals surface area (Å²) >= 11 is 0. The molecule has 3 unspecified atom stereocenters. The zero-order chi connectivity index (χ0) is 23.8. The lowest BCUT2D eigenvalue weighted by Gasteiger charge is -2.22. The van der Waals surface area contributed by atoms with Gasteiger partial charge < -0.3 is 29.5 Å². The van der Waals surface area contributed by atoms with Crippen molar-refractivity contribution in [1.82, 2.24) is 9.55 Å². The Bertz CT molecular complexity index is 882. The summed E-state index contributed by atoms with van der Waals surface area (Å²) in [6.07, 6.45) is -0.605. The molecule has 0 saturated carbocycles. The van der Waals surface area contributed by atoms with Gasteiger partial charge in [0.2, 0.25) is 0 Å². The molecule has 0 radical (unpaired) electrons. The molecule has 32 heavy (non-hydrogen) atoms. The average molecular weight is 499 g/mol. The molecule has 0 aromatic carbocycles. The topological polar surface area (TPSA) is 182 Å². The summed E-state index contributed by atoms with van der Waals surface area (Å²) in [6.45, 7) is 3.66. The predicted molar refractivity (Wildman–Crippen MR) is 114 cm³/mol. The molecular formula is C17H31N3O10P2. The van der Waals surface area contributed by atoms with Gasteiger partial charge in [0.1, 0.15) is 24.3 Å². The summed E-state index contributed by atoms with van der Waals surface area (Å²) in [5, 5.41) is 0. The van der Waals surface area contributed by atoms with Crippen LogP contribution in [0.3, 0.4) is 0 Å². The van der Waals surface area contributed by atoms with Crippen LogP contribution in [0.5, 0.6) is 0 Å². The Morgan fingerprint density at radius 3 is 2.69 bits per heavy atom. The van der Waals surface area contributed by atoms with Crippen LogP contribution in [0.1, 0.15) is 39.3 Å². The number of phosphoric ester groups is 1. The number of nitrogens with two attached hydrogens (primary N) is 1. The maximum Gasteiger partial charge on any atom is 0.472 e. The fourth-order valence-electron chi connectivity index (χ4n) is 2.88. The third kappa shape index (κ3) is 8.66. The third-order valence-electron chi connectivity index (χ3n) is 4.53. The first-order valence-electron chi connectivity index (χ1n) is 10.3. The number of anilines is 1. The van der Waals surface area contributed by atoms with Crippen molar-refractivity contribution in [3.8, 4) is 0 Å². The van der Waals surface area contributed by atoms with Crippen LogP contribution in [0.4, 0.5) is 5.82 Å². The van der Waals surface area contributed by atoms with Gasteiger partial charge in [-0.1, -0.05) is 13.3 Å². The minimum Gasteiger partial charge on any atom is -0.383 e. The molecule has 1 aromatic heterocycles. The third-order valence-corrected chi connectivity index (χ3v) is 6.87. The van der Waals surface area contributed by atoms with E-state index in [1.165, 1.54) is 12.3 Å². The normalized spacial score (nSPS) is 24.8. The van der Waals surface area contributed by atoms with Crippen molar-refractivity contribution < 1.29 is 42.0 Å². The van der Waals surface area contributed by atoms with Crippen LogP contribution in [0.25, 0.3) is 0 Å². The van der Waals surface area contributed by atoms with Gasteiger partial charge in [0.25, 0.3) is 0 Å². The second kappa shape index (κ2) is 12.4. The van der Waals surface area contributed by atoms with Crippen LogP contribution in [-0.2, 0) is 32.2 Å². The Labute approximate surface area is 185 Å². The van der Waals surface area contributed by atoms with Gasteiger partial charge in [-0.05, 0) is 19.4 Å².